The van der Waals surface area contributed by atoms with Crippen molar-refractivity contribution >= 4 is 5.91 Å². The quantitative estimate of drug-likeness (QED) is 0.676. The maximum Gasteiger partial charge on any atom is 0.272 e. The molecule has 2 N–H and O–H groups in total. The Morgan fingerprint density at radius 1 is 1.21 bits per heavy atom. The molecule has 3 heterocycles. The zero-order valence-electron chi connectivity index (χ0n) is 17.1. The summed E-state index contributed by atoms with van der Waals surface area (Å²) in [5, 5.41) is 15.5. The van der Waals surface area contributed by atoms with Gasteiger partial charge in [0.25, 0.3) is 5.91 Å². The first-order chi connectivity index (χ1) is 14.1. The lowest BCUT2D eigenvalue weighted by atomic mass is 10.1. The van der Waals surface area contributed by atoms with E-state index in [0.29, 0.717) is 18.3 Å². The first-order valence-electron chi connectivity index (χ1n) is 10.2. The van der Waals surface area contributed by atoms with Gasteiger partial charge in [0, 0.05) is 30.5 Å². The monoisotopic (exact) mass is 392 g/mol. The molecule has 152 valence electrons. The summed E-state index contributed by atoms with van der Waals surface area (Å²) in [6.07, 6.45) is 4.13. The van der Waals surface area contributed by atoms with Gasteiger partial charge < -0.3 is 10.6 Å². The number of benzene rings is 1. The van der Waals surface area contributed by atoms with Crippen molar-refractivity contribution in [3.05, 3.63) is 70.8 Å². The van der Waals surface area contributed by atoms with Crippen molar-refractivity contribution in [3.8, 4) is 0 Å². The number of nitrogens with one attached hydrogen (secondary N) is 2. The van der Waals surface area contributed by atoms with Crippen LogP contribution in [0.3, 0.4) is 0 Å². The number of carbonyl (C=O) groups excluding carboxylic acids is 1. The van der Waals surface area contributed by atoms with Crippen molar-refractivity contribution in [1.29, 1.82) is 0 Å². The fourth-order valence-corrected chi connectivity index (χ4v) is 3.88. The van der Waals surface area contributed by atoms with Gasteiger partial charge in [0.15, 0.2) is 0 Å². The molecule has 4 rings (SSSR count). The highest BCUT2D eigenvalue weighted by Crippen LogP contribution is 2.17. The zero-order valence-corrected chi connectivity index (χ0v) is 17.1. The molecule has 1 atom stereocenters. The molecule has 1 amide bonds. The second kappa shape index (κ2) is 8.61. The average Bonchev–Trinajstić information content (AvgIpc) is 3.34. The molecule has 1 unspecified atom stereocenters. The van der Waals surface area contributed by atoms with Crippen LogP contribution in [-0.4, -0.2) is 38.6 Å². The normalized spacial score (nSPS) is 16.7. The molecule has 0 spiro atoms. The van der Waals surface area contributed by atoms with Crippen molar-refractivity contribution in [1.82, 2.24) is 30.2 Å². The van der Waals surface area contributed by atoms with E-state index < -0.39 is 0 Å². The van der Waals surface area contributed by atoms with E-state index in [9.17, 15) is 4.79 Å². The van der Waals surface area contributed by atoms with Crippen LogP contribution < -0.4 is 10.6 Å². The SMILES string of the molecule is Cc1nn(Cc2ccccc2)c(C)c1CNC(=O)c1ccn(C2CCCNC2)n1. The van der Waals surface area contributed by atoms with Crippen LogP contribution >= 0.6 is 0 Å². The van der Waals surface area contributed by atoms with Crippen LogP contribution in [0.15, 0.2) is 42.6 Å². The first kappa shape index (κ1) is 19.4. The summed E-state index contributed by atoms with van der Waals surface area (Å²) in [6.45, 7) is 7.17. The van der Waals surface area contributed by atoms with E-state index in [-0.39, 0.29) is 5.91 Å². The summed E-state index contributed by atoms with van der Waals surface area (Å²) in [6, 6.07) is 12.4. The predicted octanol–water partition coefficient (Wildman–Crippen LogP) is 2.60. The van der Waals surface area contributed by atoms with Gasteiger partial charge in [0.05, 0.1) is 18.3 Å². The predicted molar refractivity (Wildman–Crippen MR) is 112 cm³/mol. The third-order valence-electron chi connectivity index (χ3n) is 5.62. The molecular weight excluding hydrogens is 364 g/mol. The summed E-state index contributed by atoms with van der Waals surface area (Å²) in [5.74, 6) is -0.151. The van der Waals surface area contributed by atoms with E-state index >= 15 is 0 Å². The summed E-state index contributed by atoms with van der Waals surface area (Å²) in [5.41, 5.74) is 4.74. The number of aromatic nitrogens is 4. The molecule has 1 fully saturated rings. The molecule has 1 aliphatic rings. The minimum Gasteiger partial charge on any atom is -0.346 e. The Morgan fingerprint density at radius 2 is 2.03 bits per heavy atom. The van der Waals surface area contributed by atoms with Gasteiger partial charge in [-0.1, -0.05) is 30.3 Å². The lowest BCUT2D eigenvalue weighted by Crippen LogP contribution is -2.32. The third-order valence-corrected chi connectivity index (χ3v) is 5.62. The Bertz CT molecular complexity index is 969. The second-order valence-electron chi connectivity index (χ2n) is 7.66. The molecule has 1 saturated heterocycles. The van der Waals surface area contributed by atoms with E-state index in [0.717, 1.165) is 49.4 Å². The largest absolute Gasteiger partial charge is 0.346 e. The smallest absolute Gasteiger partial charge is 0.272 e. The number of hydrogen-bond acceptors (Lipinski definition) is 4. The Kier molecular flexibility index (Phi) is 5.76. The number of carbonyl (C=O) groups is 1. The molecule has 0 saturated carbocycles. The first-order valence-corrected chi connectivity index (χ1v) is 10.2. The van der Waals surface area contributed by atoms with Crippen LogP contribution in [-0.2, 0) is 13.1 Å². The van der Waals surface area contributed by atoms with Crippen LogP contribution in [0, 0.1) is 13.8 Å². The van der Waals surface area contributed by atoms with E-state index in [1.54, 1.807) is 6.07 Å². The molecule has 29 heavy (non-hydrogen) atoms. The van der Waals surface area contributed by atoms with E-state index in [4.69, 9.17) is 0 Å². The highest BCUT2D eigenvalue weighted by molar-refractivity contribution is 5.92. The summed E-state index contributed by atoms with van der Waals surface area (Å²) < 4.78 is 3.91. The minimum absolute atomic E-state index is 0.151. The fourth-order valence-electron chi connectivity index (χ4n) is 3.88. The molecule has 3 aromatic rings. The number of aryl methyl sites for hydroxylation is 1. The maximum absolute atomic E-state index is 12.6. The van der Waals surface area contributed by atoms with Crippen molar-refractivity contribution in [3.63, 3.8) is 0 Å². The maximum atomic E-state index is 12.6. The highest BCUT2D eigenvalue weighted by atomic mass is 16.1. The topological polar surface area (TPSA) is 76.8 Å². The van der Waals surface area contributed by atoms with Crippen LogP contribution in [0.1, 0.15) is 51.9 Å². The van der Waals surface area contributed by atoms with Gasteiger partial charge in [0.2, 0.25) is 0 Å². The van der Waals surface area contributed by atoms with Crippen molar-refractivity contribution in [2.45, 2.75) is 45.8 Å². The number of amides is 1. The minimum atomic E-state index is -0.151. The van der Waals surface area contributed by atoms with E-state index in [2.05, 4.69) is 39.9 Å². The molecule has 2 aromatic heterocycles. The summed E-state index contributed by atoms with van der Waals surface area (Å²) in [7, 11) is 0. The lowest BCUT2D eigenvalue weighted by molar-refractivity contribution is 0.0944. The summed E-state index contributed by atoms with van der Waals surface area (Å²) >= 11 is 0. The van der Waals surface area contributed by atoms with Gasteiger partial charge in [0.1, 0.15) is 5.69 Å². The molecule has 0 bridgehead atoms. The molecule has 0 aliphatic carbocycles. The van der Waals surface area contributed by atoms with Crippen molar-refractivity contribution < 1.29 is 4.79 Å². The number of nitrogens with zero attached hydrogens (tertiary/aromatic N) is 4. The van der Waals surface area contributed by atoms with Gasteiger partial charge in [-0.3, -0.25) is 14.2 Å². The van der Waals surface area contributed by atoms with Gasteiger partial charge in [-0.05, 0) is 44.9 Å². The Hall–Kier alpha value is -2.93. The zero-order chi connectivity index (χ0) is 20.2. The van der Waals surface area contributed by atoms with Crippen LogP contribution in [0.4, 0.5) is 0 Å². The Balaban J connectivity index is 1.40. The number of hydrogen-bond donors (Lipinski definition) is 2. The molecule has 1 aromatic carbocycles. The van der Waals surface area contributed by atoms with Gasteiger partial charge in [-0.25, -0.2) is 0 Å². The van der Waals surface area contributed by atoms with Gasteiger partial charge >= 0.3 is 0 Å². The Morgan fingerprint density at radius 3 is 2.79 bits per heavy atom. The molecule has 7 heteroatoms. The number of piperidine rings is 1. The molecule has 0 radical (unpaired) electrons. The van der Waals surface area contributed by atoms with E-state index in [1.165, 1.54) is 5.56 Å². The van der Waals surface area contributed by atoms with Crippen LogP contribution in [0.5, 0.6) is 0 Å². The average molecular weight is 393 g/mol. The number of rotatable bonds is 6. The van der Waals surface area contributed by atoms with Crippen LogP contribution in [0.2, 0.25) is 0 Å². The lowest BCUT2D eigenvalue weighted by Gasteiger charge is -2.22. The highest BCUT2D eigenvalue weighted by Gasteiger charge is 2.18. The molecular formula is C22H28N6O. The second-order valence-corrected chi connectivity index (χ2v) is 7.66. The van der Waals surface area contributed by atoms with Crippen molar-refractivity contribution in [2.75, 3.05) is 13.1 Å². The van der Waals surface area contributed by atoms with Crippen LogP contribution in [0.25, 0.3) is 0 Å². The van der Waals surface area contributed by atoms with Gasteiger partial charge in [-0.2, -0.15) is 10.2 Å². The van der Waals surface area contributed by atoms with Gasteiger partial charge in [-0.15, -0.1) is 0 Å². The summed E-state index contributed by atoms with van der Waals surface area (Å²) in [4.78, 5) is 12.6. The standard InChI is InChI=1S/C22H28N6O/c1-16-20(17(2)28(25-16)15-18-7-4-3-5-8-18)14-24-22(29)21-10-12-27(26-21)19-9-6-11-23-13-19/h3-5,7-8,10,12,19,23H,6,9,11,13-15H2,1-2H3,(H,24,29). The third kappa shape index (κ3) is 4.40. The molecule has 7 nitrogen and oxygen atoms in total. The van der Waals surface area contributed by atoms with E-state index in [1.807, 2.05) is 40.7 Å². The fraction of sp³-hybridized carbons (Fsp3) is 0.409. The Labute approximate surface area is 171 Å². The van der Waals surface area contributed by atoms with Crippen molar-refractivity contribution in [2.24, 2.45) is 0 Å². The molecule has 1 aliphatic heterocycles.